The topological polar surface area (TPSA) is 18.5 Å². The molecule has 2 nitrogen and oxygen atoms in total. The maximum absolute atomic E-state index is 5.62. The van der Waals surface area contributed by atoms with Crippen LogP contribution in [0.1, 0.15) is 11.1 Å². The third-order valence-electron chi connectivity index (χ3n) is 2.26. The Hall–Kier alpha value is -0.540. The summed E-state index contributed by atoms with van der Waals surface area (Å²) in [6.07, 6.45) is 0. The highest BCUT2D eigenvalue weighted by Gasteiger charge is 2.00. The predicted octanol–water partition coefficient (Wildman–Crippen LogP) is 3.09. The van der Waals surface area contributed by atoms with E-state index in [1.165, 1.54) is 11.1 Å². The largest absolute Gasteiger partial charge is 0.491 e. The lowest BCUT2D eigenvalue weighted by molar-refractivity contribution is 0.112. The molecule has 0 fully saturated rings. The van der Waals surface area contributed by atoms with Gasteiger partial charge in [-0.25, -0.2) is 0 Å². The van der Waals surface area contributed by atoms with Gasteiger partial charge in [0.1, 0.15) is 12.4 Å². The van der Waals surface area contributed by atoms with E-state index in [1.807, 2.05) is 12.1 Å². The fourth-order valence-electron chi connectivity index (χ4n) is 1.25. The minimum atomic E-state index is 0.608. The molecule has 0 spiro atoms. The highest BCUT2D eigenvalue weighted by molar-refractivity contribution is 9.09. The number of alkyl halides is 1. The molecular weight excluding hydrogens is 256 g/mol. The van der Waals surface area contributed by atoms with Crippen LogP contribution in [0.4, 0.5) is 0 Å². The molecule has 1 aromatic carbocycles. The normalized spacial score (nSPS) is 10.3. The standard InChI is InChI=1S/C12H17BrO2/c1-10-4-3-5-12(11(10)2)15-9-8-14-7-6-13/h3-5H,6-9H2,1-2H3. The van der Waals surface area contributed by atoms with Gasteiger partial charge in [-0.2, -0.15) is 0 Å². The van der Waals surface area contributed by atoms with Crippen LogP contribution in [0.3, 0.4) is 0 Å². The van der Waals surface area contributed by atoms with Crippen LogP contribution in [-0.4, -0.2) is 25.2 Å². The number of ether oxygens (including phenoxy) is 2. The van der Waals surface area contributed by atoms with Gasteiger partial charge in [-0.3, -0.25) is 0 Å². The fourth-order valence-corrected chi connectivity index (χ4v) is 1.48. The van der Waals surface area contributed by atoms with Crippen molar-refractivity contribution in [3.8, 4) is 5.75 Å². The molecule has 0 saturated heterocycles. The molecule has 0 unspecified atom stereocenters. The summed E-state index contributed by atoms with van der Waals surface area (Å²) in [5.41, 5.74) is 2.46. The third-order valence-corrected chi connectivity index (χ3v) is 2.59. The molecule has 1 rings (SSSR count). The minimum Gasteiger partial charge on any atom is -0.491 e. The van der Waals surface area contributed by atoms with Gasteiger partial charge in [0.15, 0.2) is 0 Å². The van der Waals surface area contributed by atoms with E-state index in [0.717, 1.165) is 17.7 Å². The van der Waals surface area contributed by atoms with Gasteiger partial charge < -0.3 is 9.47 Å². The Balaban J connectivity index is 2.34. The number of benzene rings is 1. The summed E-state index contributed by atoms with van der Waals surface area (Å²) in [6, 6.07) is 6.09. The molecule has 0 aromatic heterocycles. The van der Waals surface area contributed by atoms with Crippen molar-refractivity contribution in [1.82, 2.24) is 0 Å². The smallest absolute Gasteiger partial charge is 0.122 e. The van der Waals surface area contributed by atoms with Gasteiger partial charge in [-0.1, -0.05) is 28.1 Å². The van der Waals surface area contributed by atoms with Gasteiger partial charge in [0.2, 0.25) is 0 Å². The van der Waals surface area contributed by atoms with Gasteiger partial charge in [-0.05, 0) is 31.0 Å². The first kappa shape index (κ1) is 12.5. The number of aryl methyl sites for hydroxylation is 1. The highest BCUT2D eigenvalue weighted by atomic mass is 79.9. The number of hydrogen-bond donors (Lipinski definition) is 0. The summed E-state index contributed by atoms with van der Waals surface area (Å²) in [6.45, 7) is 6.14. The van der Waals surface area contributed by atoms with Gasteiger partial charge in [0, 0.05) is 5.33 Å². The number of rotatable bonds is 6. The van der Waals surface area contributed by atoms with Crippen LogP contribution in [0, 0.1) is 13.8 Å². The molecule has 0 radical (unpaired) electrons. The maximum Gasteiger partial charge on any atom is 0.122 e. The average molecular weight is 273 g/mol. The van der Waals surface area contributed by atoms with Crippen molar-refractivity contribution in [3.63, 3.8) is 0 Å². The Morgan fingerprint density at radius 2 is 1.93 bits per heavy atom. The van der Waals surface area contributed by atoms with Gasteiger partial charge in [-0.15, -0.1) is 0 Å². The van der Waals surface area contributed by atoms with Crippen molar-refractivity contribution in [2.75, 3.05) is 25.2 Å². The Morgan fingerprint density at radius 3 is 2.67 bits per heavy atom. The average Bonchev–Trinajstić information content (AvgIpc) is 2.24. The minimum absolute atomic E-state index is 0.608. The molecule has 0 N–H and O–H groups in total. The molecule has 0 heterocycles. The second kappa shape index (κ2) is 6.85. The second-order valence-electron chi connectivity index (χ2n) is 3.35. The molecule has 1 aromatic rings. The van der Waals surface area contributed by atoms with E-state index >= 15 is 0 Å². The number of halogens is 1. The van der Waals surface area contributed by atoms with Crippen LogP contribution in [-0.2, 0) is 4.74 Å². The van der Waals surface area contributed by atoms with Crippen LogP contribution in [0.5, 0.6) is 5.75 Å². The first-order valence-corrected chi connectivity index (χ1v) is 6.20. The molecule has 3 heteroatoms. The van der Waals surface area contributed by atoms with E-state index in [0.29, 0.717) is 13.2 Å². The van der Waals surface area contributed by atoms with Crippen molar-refractivity contribution < 1.29 is 9.47 Å². The van der Waals surface area contributed by atoms with E-state index in [9.17, 15) is 0 Å². The Morgan fingerprint density at radius 1 is 1.13 bits per heavy atom. The Labute approximate surface area is 99.7 Å². The summed E-state index contributed by atoms with van der Waals surface area (Å²) in [4.78, 5) is 0. The fraction of sp³-hybridized carbons (Fsp3) is 0.500. The SMILES string of the molecule is Cc1cccc(OCCOCCBr)c1C. The van der Waals surface area contributed by atoms with Crippen molar-refractivity contribution >= 4 is 15.9 Å². The van der Waals surface area contributed by atoms with Gasteiger partial charge in [0.25, 0.3) is 0 Å². The third kappa shape index (κ3) is 4.22. The van der Waals surface area contributed by atoms with E-state index in [2.05, 4.69) is 35.8 Å². The van der Waals surface area contributed by atoms with E-state index in [-0.39, 0.29) is 0 Å². The van der Waals surface area contributed by atoms with E-state index in [1.54, 1.807) is 0 Å². The monoisotopic (exact) mass is 272 g/mol. The van der Waals surface area contributed by atoms with E-state index in [4.69, 9.17) is 9.47 Å². The zero-order chi connectivity index (χ0) is 11.1. The maximum atomic E-state index is 5.62. The van der Waals surface area contributed by atoms with Crippen molar-refractivity contribution in [1.29, 1.82) is 0 Å². The molecule has 0 aliphatic rings. The lowest BCUT2D eigenvalue weighted by atomic mass is 10.1. The second-order valence-corrected chi connectivity index (χ2v) is 4.14. The lowest BCUT2D eigenvalue weighted by Crippen LogP contribution is -2.08. The van der Waals surface area contributed by atoms with E-state index < -0.39 is 0 Å². The van der Waals surface area contributed by atoms with Crippen molar-refractivity contribution in [2.45, 2.75) is 13.8 Å². The Bertz CT molecular complexity index is 300. The summed E-state index contributed by atoms with van der Waals surface area (Å²) in [5, 5.41) is 0.872. The van der Waals surface area contributed by atoms with Gasteiger partial charge >= 0.3 is 0 Å². The predicted molar refractivity (Wildman–Crippen MR) is 66.0 cm³/mol. The van der Waals surface area contributed by atoms with Crippen molar-refractivity contribution in [3.05, 3.63) is 29.3 Å². The summed E-state index contributed by atoms with van der Waals surface area (Å²) >= 11 is 3.30. The molecule has 0 atom stereocenters. The zero-order valence-electron chi connectivity index (χ0n) is 9.25. The highest BCUT2D eigenvalue weighted by Crippen LogP contribution is 2.20. The van der Waals surface area contributed by atoms with Crippen molar-refractivity contribution in [2.24, 2.45) is 0 Å². The van der Waals surface area contributed by atoms with Gasteiger partial charge in [0.05, 0.1) is 13.2 Å². The first-order chi connectivity index (χ1) is 7.25. The molecule has 0 amide bonds. The van der Waals surface area contributed by atoms with Crippen LogP contribution >= 0.6 is 15.9 Å². The molecule has 84 valence electrons. The summed E-state index contributed by atoms with van der Waals surface area (Å²) < 4.78 is 10.9. The zero-order valence-corrected chi connectivity index (χ0v) is 10.8. The van der Waals surface area contributed by atoms with Crippen LogP contribution in [0.25, 0.3) is 0 Å². The first-order valence-electron chi connectivity index (χ1n) is 5.08. The molecule has 0 aliphatic carbocycles. The summed E-state index contributed by atoms with van der Waals surface area (Å²) in [7, 11) is 0. The summed E-state index contributed by atoms with van der Waals surface area (Å²) in [5.74, 6) is 0.956. The Kier molecular flexibility index (Phi) is 5.73. The molecule has 15 heavy (non-hydrogen) atoms. The van der Waals surface area contributed by atoms with Crippen LogP contribution in [0.15, 0.2) is 18.2 Å². The van der Waals surface area contributed by atoms with Crippen LogP contribution in [0.2, 0.25) is 0 Å². The molecule has 0 saturated carbocycles. The molecule has 0 aliphatic heterocycles. The lowest BCUT2D eigenvalue weighted by Gasteiger charge is -2.10. The quantitative estimate of drug-likeness (QED) is 0.585. The molecule has 0 bridgehead atoms. The van der Waals surface area contributed by atoms with Crippen LogP contribution < -0.4 is 4.74 Å². The number of hydrogen-bond acceptors (Lipinski definition) is 2. The molecular formula is C12H17BrO2.